The van der Waals surface area contributed by atoms with Crippen molar-refractivity contribution >= 4 is 22.6 Å². The summed E-state index contributed by atoms with van der Waals surface area (Å²) in [6.45, 7) is 12.2. The number of aromatic nitrogens is 2. The Hall–Kier alpha value is -1.95. The summed E-state index contributed by atoms with van der Waals surface area (Å²) in [6, 6.07) is 10.4. The fraction of sp³-hybridized carbons (Fsp3) is 0.571. The Bertz CT molecular complexity index is 699. The van der Waals surface area contributed by atoms with Crippen LogP contribution in [0, 0.1) is 11.8 Å². The van der Waals surface area contributed by atoms with Gasteiger partial charge in [0.15, 0.2) is 0 Å². The zero-order valence-corrected chi connectivity index (χ0v) is 17.9. The van der Waals surface area contributed by atoms with Crippen molar-refractivity contribution in [3.63, 3.8) is 0 Å². The third kappa shape index (κ3) is 7.29. The van der Waals surface area contributed by atoms with Crippen molar-refractivity contribution in [2.75, 3.05) is 18.0 Å². The smallest absolute Gasteiger partial charge is 0.221 e. The van der Waals surface area contributed by atoms with Crippen LogP contribution < -0.4 is 10.2 Å². The second-order valence-electron chi connectivity index (χ2n) is 7.85. The van der Waals surface area contributed by atoms with Crippen LogP contribution in [-0.4, -0.2) is 34.4 Å². The molecule has 2 aromatic rings. The lowest BCUT2D eigenvalue weighted by atomic mass is 10.1. The summed E-state index contributed by atoms with van der Waals surface area (Å²) in [5.41, 5.74) is 1.21. The molecule has 1 heterocycles. The van der Waals surface area contributed by atoms with Crippen LogP contribution in [0.4, 0.5) is 5.13 Å². The van der Waals surface area contributed by atoms with Gasteiger partial charge in [0.05, 0.1) is 0 Å². The second kappa shape index (κ2) is 10.4. The van der Waals surface area contributed by atoms with Crippen molar-refractivity contribution in [3.05, 3.63) is 41.7 Å². The summed E-state index contributed by atoms with van der Waals surface area (Å²) in [7, 11) is 0. The molecule has 2 rings (SSSR count). The Balaban J connectivity index is 1.98. The van der Waals surface area contributed by atoms with Gasteiger partial charge in [-0.15, -0.1) is 0 Å². The van der Waals surface area contributed by atoms with Gasteiger partial charge in [-0.05, 0) is 24.3 Å². The Kier molecular flexibility index (Phi) is 8.23. The Labute approximate surface area is 167 Å². The predicted molar refractivity (Wildman–Crippen MR) is 113 cm³/mol. The van der Waals surface area contributed by atoms with E-state index in [1.54, 1.807) is 0 Å². The molecule has 0 saturated carbocycles. The largest absolute Gasteiger partial charge is 0.353 e. The van der Waals surface area contributed by atoms with Crippen molar-refractivity contribution in [1.82, 2.24) is 14.7 Å². The third-order valence-corrected chi connectivity index (χ3v) is 5.33. The number of carbonyl (C=O) groups is 1. The van der Waals surface area contributed by atoms with E-state index in [-0.39, 0.29) is 11.9 Å². The Morgan fingerprint density at radius 2 is 1.85 bits per heavy atom. The number of rotatable bonds is 10. The lowest BCUT2D eigenvalue weighted by Crippen LogP contribution is -2.38. The van der Waals surface area contributed by atoms with Gasteiger partial charge in [-0.2, -0.15) is 4.37 Å². The van der Waals surface area contributed by atoms with Crippen LogP contribution in [0.25, 0.3) is 0 Å². The van der Waals surface area contributed by atoms with Crippen LogP contribution in [0.3, 0.4) is 0 Å². The topological polar surface area (TPSA) is 58.1 Å². The summed E-state index contributed by atoms with van der Waals surface area (Å²) >= 11 is 1.42. The zero-order chi connectivity index (χ0) is 19.8. The highest BCUT2D eigenvalue weighted by Gasteiger charge is 2.17. The zero-order valence-electron chi connectivity index (χ0n) is 17.1. The van der Waals surface area contributed by atoms with Crippen molar-refractivity contribution < 1.29 is 4.79 Å². The highest BCUT2D eigenvalue weighted by molar-refractivity contribution is 7.09. The fourth-order valence-electron chi connectivity index (χ4n) is 2.66. The Morgan fingerprint density at radius 1 is 1.15 bits per heavy atom. The maximum Gasteiger partial charge on any atom is 0.221 e. The molecule has 148 valence electrons. The molecule has 0 aliphatic rings. The quantitative estimate of drug-likeness (QED) is 0.664. The molecule has 1 atom stereocenters. The third-order valence-electron chi connectivity index (χ3n) is 4.52. The molecule has 0 radical (unpaired) electrons. The van der Waals surface area contributed by atoms with E-state index in [4.69, 9.17) is 4.98 Å². The van der Waals surface area contributed by atoms with Gasteiger partial charge in [0.25, 0.3) is 0 Å². The maximum atomic E-state index is 12.3. The average molecular weight is 389 g/mol. The average Bonchev–Trinajstić information content (AvgIpc) is 3.07. The van der Waals surface area contributed by atoms with Crippen molar-refractivity contribution in [3.8, 4) is 0 Å². The van der Waals surface area contributed by atoms with Gasteiger partial charge in [0.2, 0.25) is 11.0 Å². The minimum Gasteiger partial charge on any atom is -0.353 e. The van der Waals surface area contributed by atoms with Crippen molar-refractivity contribution in [2.45, 2.75) is 53.5 Å². The van der Waals surface area contributed by atoms with Gasteiger partial charge in [-0.25, -0.2) is 4.98 Å². The van der Waals surface area contributed by atoms with Crippen LogP contribution in [0.5, 0.6) is 0 Å². The number of carbonyl (C=O) groups excluding carboxylic acids is 1. The molecule has 1 aromatic heterocycles. The summed E-state index contributed by atoms with van der Waals surface area (Å²) in [6.07, 6.45) is 1.20. The van der Waals surface area contributed by atoms with E-state index in [9.17, 15) is 4.79 Å². The normalized spacial score (nSPS) is 12.4. The van der Waals surface area contributed by atoms with Crippen LogP contribution >= 0.6 is 11.5 Å². The molecule has 27 heavy (non-hydrogen) atoms. The fourth-order valence-corrected chi connectivity index (χ4v) is 3.38. The monoisotopic (exact) mass is 388 g/mol. The summed E-state index contributed by atoms with van der Waals surface area (Å²) < 4.78 is 4.53. The summed E-state index contributed by atoms with van der Waals surface area (Å²) in [5, 5.41) is 3.98. The van der Waals surface area contributed by atoms with Crippen LogP contribution in [-0.2, 0) is 11.2 Å². The lowest BCUT2D eigenvalue weighted by molar-refractivity contribution is -0.121. The van der Waals surface area contributed by atoms with Crippen LogP contribution in [0.1, 0.15) is 52.4 Å². The van der Waals surface area contributed by atoms with Gasteiger partial charge in [0, 0.05) is 43.5 Å². The minimum atomic E-state index is 0.0963. The molecule has 0 aliphatic carbocycles. The highest BCUT2D eigenvalue weighted by atomic mass is 32.1. The number of anilines is 1. The number of hydrogen-bond acceptors (Lipinski definition) is 5. The van der Waals surface area contributed by atoms with Gasteiger partial charge < -0.3 is 10.2 Å². The highest BCUT2D eigenvalue weighted by Crippen LogP contribution is 2.20. The van der Waals surface area contributed by atoms with Gasteiger partial charge >= 0.3 is 0 Å². The number of amides is 1. The predicted octanol–water partition coefficient (Wildman–Crippen LogP) is 4.14. The summed E-state index contributed by atoms with van der Waals surface area (Å²) in [4.78, 5) is 19.2. The van der Waals surface area contributed by atoms with Crippen molar-refractivity contribution in [2.24, 2.45) is 11.8 Å². The first-order valence-electron chi connectivity index (χ1n) is 9.76. The SMILES string of the molecule is CC(C)CN(CCC(=O)NC(C)C(C)C)c1nc(Cc2ccccc2)ns1. The minimum absolute atomic E-state index is 0.0963. The molecule has 0 saturated heterocycles. The molecule has 0 fully saturated rings. The number of nitrogens with zero attached hydrogens (tertiary/aromatic N) is 3. The van der Waals surface area contributed by atoms with Gasteiger partial charge in [-0.1, -0.05) is 58.0 Å². The molecule has 1 N–H and O–H groups in total. The van der Waals surface area contributed by atoms with E-state index in [0.29, 0.717) is 24.8 Å². The first-order chi connectivity index (χ1) is 12.8. The van der Waals surface area contributed by atoms with E-state index in [2.05, 4.69) is 61.3 Å². The molecule has 5 nitrogen and oxygen atoms in total. The molecular weight excluding hydrogens is 356 g/mol. The molecule has 6 heteroatoms. The molecule has 0 aliphatic heterocycles. The number of hydrogen-bond donors (Lipinski definition) is 1. The van der Waals surface area contributed by atoms with E-state index in [1.165, 1.54) is 17.1 Å². The van der Waals surface area contributed by atoms with Gasteiger partial charge in [0.1, 0.15) is 5.82 Å². The van der Waals surface area contributed by atoms with E-state index in [1.807, 2.05) is 18.2 Å². The Morgan fingerprint density at radius 3 is 2.48 bits per heavy atom. The molecule has 1 aromatic carbocycles. The summed E-state index contributed by atoms with van der Waals surface area (Å²) in [5.74, 6) is 1.86. The van der Waals surface area contributed by atoms with Crippen molar-refractivity contribution in [1.29, 1.82) is 0 Å². The molecule has 0 bridgehead atoms. The lowest BCUT2D eigenvalue weighted by Gasteiger charge is -2.24. The standard InChI is InChI=1S/C21H32N4OS/c1-15(2)14-25(12-11-20(26)22-17(5)16(3)4)21-23-19(24-27-21)13-18-9-7-6-8-10-18/h6-10,15-17H,11-14H2,1-5H3,(H,22,26). The molecule has 0 spiro atoms. The first-order valence-corrected chi connectivity index (χ1v) is 10.5. The molecule has 1 unspecified atom stereocenters. The maximum absolute atomic E-state index is 12.3. The second-order valence-corrected chi connectivity index (χ2v) is 8.58. The molecular formula is C21H32N4OS. The van der Waals surface area contributed by atoms with E-state index >= 15 is 0 Å². The first kappa shape index (κ1) is 21.4. The van der Waals surface area contributed by atoms with Crippen LogP contribution in [0.15, 0.2) is 30.3 Å². The molecule has 1 amide bonds. The number of benzene rings is 1. The van der Waals surface area contributed by atoms with Crippen LogP contribution in [0.2, 0.25) is 0 Å². The van der Waals surface area contributed by atoms with E-state index in [0.717, 1.165) is 23.9 Å². The van der Waals surface area contributed by atoms with E-state index < -0.39 is 0 Å². The van der Waals surface area contributed by atoms with Gasteiger partial charge in [-0.3, -0.25) is 4.79 Å². The number of nitrogens with one attached hydrogen (secondary N) is 1.